The van der Waals surface area contributed by atoms with E-state index in [1.54, 1.807) is 0 Å². The Morgan fingerprint density at radius 2 is 1.95 bits per heavy atom. The van der Waals surface area contributed by atoms with Gasteiger partial charge in [0.2, 0.25) is 5.75 Å². The third-order valence-electron chi connectivity index (χ3n) is 2.67. The minimum absolute atomic E-state index is 0.0815. The second-order valence-electron chi connectivity index (χ2n) is 4.03. The molecule has 0 fully saturated rings. The molecule has 0 saturated heterocycles. The molecule has 0 bridgehead atoms. The van der Waals surface area contributed by atoms with Gasteiger partial charge < -0.3 is 9.84 Å². The molecule has 6 heteroatoms. The third-order valence-corrected chi connectivity index (χ3v) is 2.67. The van der Waals surface area contributed by atoms with Gasteiger partial charge in [0, 0.05) is 12.1 Å². The molecular formula is C14H11NO5. The average Bonchev–Trinajstić information content (AvgIpc) is 2.46. The van der Waals surface area contributed by atoms with E-state index in [9.17, 15) is 20.0 Å². The predicted octanol–water partition coefficient (Wildman–Crippen LogP) is 2.69. The topological polar surface area (TPSA) is 89.7 Å². The molecule has 0 atom stereocenters. The zero-order valence-corrected chi connectivity index (χ0v) is 10.4. The van der Waals surface area contributed by atoms with Gasteiger partial charge in [-0.1, -0.05) is 30.3 Å². The number of phenols is 1. The number of hydrogen-bond donors (Lipinski definition) is 1. The Balaban J connectivity index is 2.28. The van der Waals surface area contributed by atoms with Crippen LogP contribution in [0.5, 0.6) is 11.5 Å². The third kappa shape index (κ3) is 2.92. The van der Waals surface area contributed by atoms with E-state index in [2.05, 4.69) is 0 Å². The van der Waals surface area contributed by atoms with Gasteiger partial charge in [-0.15, -0.1) is 0 Å². The van der Waals surface area contributed by atoms with E-state index in [1.807, 2.05) is 30.3 Å². The molecule has 0 heterocycles. The maximum absolute atomic E-state index is 10.9. The summed E-state index contributed by atoms with van der Waals surface area (Å²) in [5.74, 6) is -0.435. The van der Waals surface area contributed by atoms with Gasteiger partial charge >= 0.3 is 5.69 Å². The van der Waals surface area contributed by atoms with Gasteiger partial charge in [0.05, 0.1) is 10.5 Å². The number of phenolic OH excluding ortho intramolecular Hbond substituents is 1. The van der Waals surface area contributed by atoms with E-state index in [-0.39, 0.29) is 29.4 Å². The first kappa shape index (κ1) is 13.5. The second-order valence-corrected chi connectivity index (χ2v) is 4.03. The van der Waals surface area contributed by atoms with Gasteiger partial charge in [0.1, 0.15) is 12.4 Å². The van der Waals surface area contributed by atoms with Crippen LogP contribution in [-0.2, 0) is 6.61 Å². The Bertz CT molecular complexity index is 640. The SMILES string of the molecule is O=Cc1cc([N+](=O)[O-])c(OCc2ccccc2)cc1O. The quantitative estimate of drug-likeness (QED) is 0.514. The molecule has 0 amide bonds. The molecule has 1 N–H and O–H groups in total. The summed E-state index contributed by atoms with van der Waals surface area (Å²) in [5.41, 5.74) is 0.324. The van der Waals surface area contributed by atoms with Gasteiger partial charge in [-0.25, -0.2) is 0 Å². The highest BCUT2D eigenvalue weighted by Gasteiger charge is 2.19. The first-order chi connectivity index (χ1) is 9.61. The van der Waals surface area contributed by atoms with Crippen molar-refractivity contribution >= 4 is 12.0 Å². The fraction of sp³-hybridized carbons (Fsp3) is 0.0714. The van der Waals surface area contributed by atoms with Gasteiger partial charge in [-0.3, -0.25) is 14.9 Å². The lowest BCUT2D eigenvalue weighted by Crippen LogP contribution is -2.00. The molecule has 20 heavy (non-hydrogen) atoms. The number of ether oxygens (including phenoxy) is 1. The van der Waals surface area contributed by atoms with Crippen molar-refractivity contribution in [2.45, 2.75) is 6.61 Å². The Kier molecular flexibility index (Phi) is 3.95. The largest absolute Gasteiger partial charge is 0.507 e. The summed E-state index contributed by atoms with van der Waals surface area (Å²) in [4.78, 5) is 20.9. The van der Waals surface area contributed by atoms with E-state index in [0.29, 0.717) is 6.29 Å². The standard InChI is InChI=1S/C14H11NO5/c16-8-11-6-12(15(18)19)14(7-13(11)17)20-9-10-4-2-1-3-5-10/h1-8,17H,9H2. The van der Waals surface area contributed by atoms with Crippen LogP contribution in [0, 0.1) is 10.1 Å². The summed E-state index contributed by atoms with van der Waals surface area (Å²) in [6, 6.07) is 11.2. The van der Waals surface area contributed by atoms with Gasteiger partial charge in [0.15, 0.2) is 6.29 Å². The Morgan fingerprint density at radius 1 is 1.25 bits per heavy atom. The molecule has 2 aromatic rings. The number of nitro groups is 1. The van der Waals surface area contributed by atoms with Crippen molar-refractivity contribution in [2.75, 3.05) is 0 Å². The summed E-state index contributed by atoms with van der Waals surface area (Å²) in [7, 11) is 0. The fourth-order valence-corrected chi connectivity index (χ4v) is 1.66. The predicted molar refractivity (Wildman–Crippen MR) is 70.9 cm³/mol. The smallest absolute Gasteiger partial charge is 0.311 e. The molecule has 102 valence electrons. The lowest BCUT2D eigenvalue weighted by Gasteiger charge is -2.08. The molecule has 0 unspecified atom stereocenters. The number of nitro benzene ring substituents is 1. The van der Waals surface area contributed by atoms with Crippen LogP contribution in [0.15, 0.2) is 42.5 Å². The summed E-state index contributed by atoms with van der Waals surface area (Å²) in [6.45, 7) is 0.127. The van der Waals surface area contributed by atoms with Gasteiger partial charge in [0.25, 0.3) is 0 Å². The van der Waals surface area contributed by atoms with Crippen molar-refractivity contribution in [3.8, 4) is 11.5 Å². The van der Waals surface area contributed by atoms with E-state index in [1.165, 1.54) is 0 Å². The maximum atomic E-state index is 10.9. The van der Waals surface area contributed by atoms with E-state index in [0.717, 1.165) is 17.7 Å². The van der Waals surface area contributed by atoms with Crippen LogP contribution >= 0.6 is 0 Å². The Morgan fingerprint density at radius 3 is 2.55 bits per heavy atom. The second kappa shape index (κ2) is 5.83. The summed E-state index contributed by atoms with van der Waals surface area (Å²) in [5, 5.41) is 20.5. The molecule has 0 aliphatic rings. The van der Waals surface area contributed by atoms with Crippen molar-refractivity contribution in [3.05, 3.63) is 63.7 Å². The van der Waals surface area contributed by atoms with Crippen LogP contribution in [0.1, 0.15) is 15.9 Å². The van der Waals surface area contributed by atoms with Crippen LogP contribution in [0.2, 0.25) is 0 Å². The number of rotatable bonds is 5. The molecule has 0 aliphatic carbocycles. The molecule has 2 rings (SSSR count). The first-order valence-electron chi connectivity index (χ1n) is 5.75. The Hall–Kier alpha value is -2.89. The molecule has 0 aliphatic heterocycles. The molecule has 0 spiro atoms. The number of carbonyl (C=O) groups excluding carboxylic acids is 1. The van der Waals surface area contributed by atoms with E-state index >= 15 is 0 Å². The van der Waals surface area contributed by atoms with Crippen molar-refractivity contribution in [3.63, 3.8) is 0 Å². The number of benzene rings is 2. The normalized spacial score (nSPS) is 10.0. The fourth-order valence-electron chi connectivity index (χ4n) is 1.66. The number of nitrogens with zero attached hydrogens (tertiary/aromatic N) is 1. The molecular weight excluding hydrogens is 262 g/mol. The van der Waals surface area contributed by atoms with Crippen molar-refractivity contribution in [1.29, 1.82) is 0 Å². The van der Waals surface area contributed by atoms with Crippen LogP contribution < -0.4 is 4.74 Å². The van der Waals surface area contributed by atoms with Gasteiger partial charge in [-0.2, -0.15) is 0 Å². The van der Waals surface area contributed by atoms with Crippen molar-refractivity contribution in [2.24, 2.45) is 0 Å². The minimum Gasteiger partial charge on any atom is -0.507 e. The van der Waals surface area contributed by atoms with Crippen LogP contribution in [0.25, 0.3) is 0 Å². The highest BCUT2D eigenvalue weighted by molar-refractivity contribution is 5.81. The number of hydrogen-bond acceptors (Lipinski definition) is 5. The van der Waals surface area contributed by atoms with Crippen LogP contribution in [-0.4, -0.2) is 16.3 Å². The van der Waals surface area contributed by atoms with E-state index in [4.69, 9.17) is 4.74 Å². The maximum Gasteiger partial charge on any atom is 0.311 e. The number of carbonyl (C=O) groups is 1. The monoisotopic (exact) mass is 273 g/mol. The molecule has 2 aromatic carbocycles. The average molecular weight is 273 g/mol. The molecule has 0 aromatic heterocycles. The minimum atomic E-state index is -0.660. The number of aromatic hydroxyl groups is 1. The molecule has 6 nitrogen and oxygen atoms in total. The Labute approximate surface area is 114 Å². The number of aldehydes is 1. The summed E-state index contributed by atoms with van der Waals surface area (Å²) < 4.78 is 5.35. The van der Waals surface area contributed by atoms with E-state index < -0.39 is 4.92 Å². The highest BCUT2D eigenvalue weighted by atomic mass is 16.6. The van der Waals surface area contributed by atoms with Crippen molar-refractivity contribution < 1.29 is 19.6 Å². The zero-order valence-electron chi connectivity index (χ0n) is 10.4. The molecule has 0 saturated carbocycles. The highest BCUT2D eigenvalue weighted by Crippen LogP contribution is 2.33. The first-order valence-corrected chi connectivity index (χ1v) is 5.75. The van der Waals surface area contributed by atoms with Crippen LogP contribution in [0.4, 0.5) is 5.69 Å². The summed E-state index contributed by atoms with van der Waals surface area (Å²) in [6.07, 6.45) is 0.351. The lowest BCUT2D eigenvalue weighted by molar-refractivity contribution is -0.386. The van der Waals surface area contributed by atoms with Crippen LogP contribution in [0.3, 0.4) is 0 Å². The van der Waals surface area contributed by atoms with Crippen molar-refractivity contribution in [1.82, 2.24) is 0 Å². The zero-order chi connectivity index (χ0) is 14.5. The van der Waals surface area contributed by atoms with Gasteiger partial charge in [-0.05, 0) is 5.56 Å². The summed E-state index contributed by atoms with van der Waals surface area (Å²) >= 11 is 0. The molecule has 0 radical (unpaired) electrons. The lowest BCUT2D eigenvalue weighted by atomic mass is 10.2.